The Balaban J connectivity index is 1.80. The number of para-hydroxylation sites is 1. The Morgan fingerprint density at radius 3 is 2.78 bits per heavy atom. The second-order valence-electron chi connectivity index (χ2n) is 3.55. The summed E-state index contributed by atoms with van der Waals surface area (Å²) in [6, 6.07) is 9.46. The first-order valence-electron chi connectivity index (χ1n) is 5.65. The lowest BCUT2D eigenvalue weighted by Gasteiger charge is -2.01. The molecule has 6 heteroatoms. The van der Waals surface area contributed by atoms with Crippen molar-refractivity contribution in [2.45, 2.75) is 13.2 Å². The third-order valence-corrected chi connectivity index (χ3v) is 2.11. The zero-order valence-electron chi connectivity index (χ0n) is 9.91. The van der Waals surface area contributed by atoms with E-state index in [-0.39, 0.29) is 13.2 Å². The van der Waals surface area contributed by atoms with E-state index >= 15 is 0 Å². The Bertz CT molecular complexity index is 459. The predicted octanol–water partition coefficient (Wildman–Crippen LogP) is 1.12. The zero-order valence-corrected chi connectivity index (χ0v) is 9.91. The fourth-order valence-electron chi connectivity index (χ4n) is 1.31. The summed E-state index contributed by atoms with van der Waals surface area (Å²) in [5.74, 6) is 1.68. The van der Waals surface area contributed by atoms with Crippen LogP contribution in [0.25, 0.3) is 0 Å². The summed E-state index contributed by atoms with van der Waals surface area (Å²) >= 11 is 0. The summed E-state index contributed by atoms with van der Waals surface area (Å²) in [7, 11) is 0. The molecule has 2 rings (SSSR count). The molecule has 96 valence electrons. The standard InChI is InChI=1S/C12H15N3O3/c13-6-7-16-9-12-14-11(15-18-12)8-17-10-4-2-1-3-5-10/h1-5H,6-9,13H2. The molecule has 6 nitrogen and oxygen atoms in total. The van der Waals surface area contributed by atoms with Crippen molar-refractivity contribution in [1.29, 1.82) is 0 Å². The number of hydrogen-bond acceptors (Lipinski definition) is 6. The molecule has 0 atom stereocenters. The molecule has 2 aromatic rings. The second-order valence-corrected chi connectivity index (χ2v) is 3.55. The average Bonchev–Trinajstić information content (AvgIpc) is 2.86. The fourth-order valence-corrected chi connectivity index (χ4v) is 1.31. The van der Waals surface area contributed by atoms with Crippen molar-refractivity contribution >= 4 is 0 Å². The number of ether oxygens (including phenoxy) is 2. The highest BCUT2D eigenvalue weighted by molar-refractivity contribution is 5.20. The molecule has 0 saturated heterocycles. The summed E-state index contributed by atoms with van der Waals surface area (Å²) < 4.78 is 15.7. The van der Waals surface area contributed by atoms with Crippen LogP contribution in [0.3, 0.4) is 0 Å². The van der Waals surface area contributed by atoms with E-state index in [1.165, 1.54) is 0 Å². The van der Waals surface area contributed by atoms with E-state index in [9.17, 15) is 0 Å². The van der Waals surface area contributed by atoms with Crippen molar-refractivity contribution in [3.05, 3.63) is 42.0 Å². The van der Waals surface area contributed by atoms with Gasteiger partial charge in [0.25, 0.3) is 5.89 Å². The zero-order chi connectivity index (χ0) is 12.6. The van der Waals surface area contributed by atoms with Gasteiger partial charge in [0.05, 0.1) is 6.61 Å². The van der Waals surface area contributed by atoms with E-state index in [1.54, 1.807) is 0 Å². The molecule has 0 aliphatic heterocycles. The lowest BCUT2D eigenvalue weighted by molar-refractivity contribution is 0.104. The molecule has 2 N–H and O–H groups in total. The Morgan fingerprint density at radius 1 is 1.17 bits per heavy atom. The molecular weight excluding hydrogens is 234 g/mol. The van der Waals surface area contributed by atoms with Crippen LogP contribution in [0, 0.1) is 0 Å². The van der Waals surface area contributed by atoms with Gasteiger partial charge in [-0.1, -0.05) is 23.4 Å². The Kier molecular flexibility index (Phi) is 4.68. The van der Waals surface area contributed by atoms with Gasteiger partial charge in [0.2, 0.25) is 5.82 Å². The predicted molar refractivity (Wildman–Crippen MR) is 63.8 cm³/mol. The van der Waals surface area contributed by atoms with Gasteiger partial charge in [-0.25, -0.2) is 0 Å². The Hall–Kier alpha value is -1.92. The molecule has 0 aliphatic rings. The molecule has 0 saturated carbocycles. The summed E-state index contributed by atoms with van der Waals surface area (Å²) in [6.07, 6.45) is 0. The summed E-state index contributed by atoms with van der Waals surface area (Å²) in [5, 5.41) is 3.79. The summed E-state index contributed by atoms with van der Waals surface area (Å²) in [6.45, 7) is 1.48. The molecule has 1 aromatic heterocycles. The van der Waals surface area contributed by atoms with Gasteiger partial charge in [0.15, 0.2) is 6.61 Å². The minimum absolute atomic E-state index is 0.268. The van der Waals surface area contributed by atoms with E-state index in [2.05, 4.69) is 10.1 Å². The van der Waals surface area contributed by atoms with E-state index in [4.69, 9.17) is 19.7 Å². The van der Waals surface area contributed by atoms with Crippen LogP contribution in [-0.2, 0) is 18.0 Å². The van der Waals surface area contributed by atoms with Gasteiger partial charge >= 0.3 is 0 Å². The summed E-state index contributed by atoms with van der Waals surface area (Å²) in [5.41, 5.74) is 5.30. The highest BCUT2D eigenvalue weighted by Crippen LogP contribution is 2.10. The van der Waals surface area contributed by atoms with E-state index in [0.717, 1.165) is 5.75 Å². The van der Waals surface area contributed by atoms with Gasteiger partial charge in [-0.05, 0) is 12.1 Å². The molecule has 1 aromatic carbocycles. The number of aromatic nitrogens is 2. The second kappa shape index (κ2) is 6.73. The molecule has 0 amide bonds. The average molecular weight is 249 g/mol. The molecule has 18 heavy (non-hydrogen) atoms. The quantitative estimate of drug-likeness (QED) is 0.740. The Labute approximate surface area is 105 Å². The van der Waals surface area contributed by atoms with E-state index in [1.807, 2.05) is 30.3 Å². The molecule has 0 aliphatic carbocycles. The van der Waals surface area contributed by atoms with Crippen LogP contribution in [-0.4, -0.2) is 23.3 Å². The number of benzene rings is 1. The molecule has 1 heterocycles. The van der Waals surface area contributed by atoms with Crippen molar-refractivity contribution in [2.24, 2.45) is 5.73 Å². The van der Waals surface area contributed by atoms with Gasteiger partial charge in [-0.3, -0.25) is 0 Å². The first kappa shape index (κ1) is 12.5. The normalized spacial score (nSPS) is 10.5. The van der Waals surface area contributed by atoms with Crippen molar-refractivity contribution in [2.75, 3.05) is 13.2 Å². The maximum Gasteiger partial charge on any atom is 0.252 e. The Morgan fingerprint density at radius 2 is 2.00 bits per heavy atom. The van der Waals surface area contributed by atoms with Gasteiger partial charge in [0.1, 0.15) is 12.4 Å². The van der Waals surface area contributed by atoms with Crippen LogP contribution < -0.4 is 10.5 Å². The van der Waals surface area contributed by atoms with Gasteiger partial charge in [-0.15, -0.1) is 0 Å². The van der Waals surface area contributed by atoms with Crippen molar-refractivity contribution in [3.63, 3.8) is 0 Å². The highest BCUT2D eigenvalue weighted by atomic mass is 16.5. The van der Waals surface area contributed by atoms with Crippen LogP contribution in [0.15, 0.2) is 34.9 Å². The van der Waals surface area contributed by atoms with Crippen molar-refractivity contribution in [1.82, 2.24) is 10.1 Å². The molecule has 0 fully saturated rings. The van der Waals surface area contributed by atoms with Crippen LogP contribution in [0.2, 0.25) is 0 Å². The number of hydrogen-bond donors (Lipinski definition) is 1. The lowest BCUT2D eigenvalue weighted by Crippen LogP contribution is -2.08. The van der Waals surface area contributed by atoms with Gasteiger partial charge in [0, 0.05) is 6.54 Å². The minimum atomic E-state index is 0.268. The topological polar surface area (TPSA) is 83.4 Å². The molecule has 0 bridgehead atoms. The molecule has 0 spiro atoms. The monoisotopic (exact) mass is 249 g/mol. The minimum Gasteiger partial charge on any atom is -0.485 e. The van der Waals surface area contributed by atoms with E-state index in [0.29, 0.717) is 24.9 Å². The smallest absolute Gasteiger partial charge is 0.252 e. The SMILES string of the molecule is NCCOCc1nc(COc2ccccc2)no1. The third-order valence-electron chi connectivity index (χ3n) is 2.11. The molecule has 0 radical (unpaired) electrons. The number of rotatable bonds is 7. The number of nitrogens with zero attached hydrogens (tertiary/aromatic N) is 2. The highest BCUT2D eigenvalue weighted by Gasteiger charge is 2.06. The maximum absolute atomic E-state index is 5.49. The van der Waals surface area contributed by atoms with E-state index < -0.39 is 0 Å². The first-order valence-corrected chi connectivity index (χ1v) is 5.65. The van der Waals surface area contributed by atoms with Crippen molar-refractivity contribution < 1.29 is 14.0 Å². The molecule has 0 unspecified atom stereocenters. The first-order chi connectivity index (χ1) is 8.88. The maximum atomic E-state index is 5.49. The van der Waals surface area contributed by atoms with Crippen LogP contribution in [0.5, 0.6) is 5.75 Å². The third kappa shape index (κ3) is 3.83. The summed E-state index contributed by atoms with van der Waals surface area (Å²) in [4.78, 5) is 4.13. The lowest BCUT2D eigenvalue weighted by atomic mass is 10.3. The number of nitrogens with two attached hydrogens (primary N) is 1. The van der Waals surface area contributed by atoms with Gasteiger partial charge in [-0.2, -0.15) is 4.98 Å². The van der Waals surface area contributed by atoms with Crippen LogP contribution >= 0.6 is 0 Å². The van der Waals surface area contributed by atoms with Crippen molar-refractivity contribution in [3.8, 4) is 5.75 Å². The fraction of sp³-hybridized carbons (Fsp3) is 0.333. The molecular formula is C12H15N3O3. The van der Waals surface area contributed by atoms with Gasteiger partial charge < -0.3 is 19.7 Å². The largest absolute Gasteiger partial charge is 0.485 e. The van der Waals surface area contributed by atoms with Crippen LogP contribution in [0.1, 0.15) is 11.7 Å². The van der Waals surface area contributed by atoms with Crippen LogP contribution in [0.4, 0.5) is 0 Å².